The highest BCUT2D eigenvalue weighted by atomic mass is 32.2. The Labute approximate surface area is 219 Å². The van der Waals surface area contributed by atoms with Gasteiger partial charge in [-0.15, -0.1) is 0 Å². The number of nitrogens with one attached hydrogen (secondary N) is 4. The van der Waals surface area contributed by atoms with Crippen LogP contribution in [-0.2, 0) is 14.3 Å². The third-order valence-corrected chi connectivity index (χ3v) is 7.49. The van der Waals surface area contributed by atoms with Gasteiger partial charge in [-0.2, -0.15) is 11.8 Å². The zero-order chi connectivity index (χ0) is 26.5. The van der Waals surface area contributed by atoms with Crippen LogP contribution in [0.15, 0.2) is 29.4 Å². The van der Waals surface area contributed by atoms with Crippen molar-refractivity contribution in [1.29, 1.82) is 0 Å². The van der Waals surface area contributed by atoms with Gasteiger partial charge in [0.15, 0.2) is 0 Å². The molecular formula is C24H33N7O5S. The van der Waals surface area contributed by atoms with Crippen molar-refractivity contribution in [2.24, 2.45) is 5.11 Å². The van der Waals surface area contributed by atoms with Crippen molar-refractivity contribution < 1.29 is 23.9 Å². The molecule has 2 heterocycles. The van der Waals surface area contributed by atoms with E-state index in [0.29, 0.717) is 55.0 Å². The summed E-state index contributed by atoms with van der Waals surface area (Å²) in [6.45, 7) is 1.44. The zero-order valence-corrected chi connectivity index (χ0v) is 21.6. The van der Waals surface area contributed by atoms with Crippen LogP contribution in [0.5, 0.6) is 5.75 Å². The van der Waals surface area contributed by atoms with E-state index in [4.69, 9.17) is 15.0 Å². The Hall–Kier alpha value is -3.41. The number of urea groups is 1. The van der Waals surface area contributed by atoms with Crippen molar-refractivity contribution in [2.45, 2.75) is 43.0 Å². The summed E-state index contributed by atoms with van der Waals surface area (Å²) in [4.78, 5) is 38.2. The fraction of sp³-hybridized carbons (Fsp3) is 0.542. The Morgan fingerprint density at radius 3 is 2.84 bits per heavy atom. The molecule has 1 aromatic rings. The van der Waals surface area contributed by atoms with Gasteiger partial charge in [-0.1, -0.05) is 23.7 Å². The van der Waals surface area contributed by atoms with E-state index in [1.54, 1.807) is 24.3 Å². The molecule has 2 fully saturated rings. The van der Waals surface area contributed by atoms with E-state index in [1.807, 2.05) is 11.8 Å². The highest BCUT2D eigenvalue weighted by Crippen LogP contribution is 2.33. The minimum atomic E-state index is -0.281. The van der Waals surface area contributed by atoms with Crippen LogP contribution in [0.2, 0.25) is 0 Å². The molecule has 13 heteroatoms. The molecular weight excluding hydrogens is 498 g/mol. The summed E-state index contributed by atoms with van der Waals surface area (Å²) in [5.41, 5.74) is 9.61. The standard InChI is InChI=1S/C24H33N7O5S/c1-35-19-14-17(30-31-25)8-6-16(19)7-9-22(33)27-11-13-36-12-10-26-21(32)5-3-2-4-20-23-18(15-37-20)28-24(34)29-23/h6-9,14,18,20,23H,2-5,10-13,15H2,1H3,(H,26,32)(H,27,33)(H2,28,29,34)/b9-7+/t18-,20-,23-/m0/s1. The van der Waals surface area contributed by atoms with Gasteiger partial charge in [0.1, 0.15) is 5.75 Å². The molecule has 0 bridgehead atoms. The molecule has 3 atom stereocenters. The number of benzene rings is 1. The number of carbonyl (C=O) groups is 3. The van der Waals surface area contributed by atoms with Crippen LogP contribution in [0.25, 0.3) is 16.5 Å². The lowest BCUT2D eigenvalue weighted by molar-refractivity contribution is -0.121. The normalized spacial score (nSPS) is 20.0. The summed E-state index contributed by atoms with van der Waals surface area (Å²) >= 11 is 1.88. The summed E-state index contributed by atoms with van der Waals surface area (Å²) in [6.07, 6.45) is 6.21. The average molecular weight is 532 g/mol. The number of hydrogen-bond acceptors (Lipinski definition) is 7. The van der Waals surface area contributed by atoms with Crippen LogP contribution in [0.4, 0.5) is 10.5 Å². The molecule has 0 saturated carbocycles. The maximum Gasteiger partial charge on any atom is 0.315 e. The van der Waals surface area contributed by atoms with Gasteiger partial charge in [0, 0.05) is 52.8 Å². The lowest BCUT2D eigenvalue weighted by atomic mass is 10.0. The summed E-state index contributed by atoms with van der Waals surface area (Å²) in [7, 11) is 1.49. The topological polar surface area (TPSA) is 167 Å². The maximum absolute atomic E-state index is 12.0. The number of carbonyl (C=O) groups excluding carboxylic acids is 3. The lowest BCUT2D eigenvalue weighted by Crippen LogP contribution is -2.36. The van der Waals surface area contributed by atoms with Gasteiger partial charge in [0.05, 0.1) is 32.4 Å². The molecule has 200 valence electrons. The monoisotopic (exact) mass is 531 g/mol. The van der Waals surface area contributed by atoms with Crippen LogP contribution in [-0.4, -0.2) is 74.3 Å². The second-order valence-corrected chi connectivity index (χ2v) is 9.84. The first-order chi connectivity index (χ1) is 18.0. The van der Waals surface area contributed by atoms with E-state index in [-0.39, 0.29) is 29.9 Å². The molecule has 2 aliphatic heterocycles. The van der Waals surface area contributed by atoms with E-state index >= 15 is 0 Å². The van der Waals surface area contributed by atoms with E-state index in [9.17, 15) is 14.4 Å². The van der Waals surface area contributed by atoms with Crippen molar-refractivity contribution in [3.8, 4) is 5.75 Å². The molecule has 12 nitrogen and oxygen atoms in total. The summed E-state index contributed by atoms with van der Waals surface area (Å²) in [6, 6.07) is 5.28. The molecule has 0 spiro atoms. The van der Waals surface area contributed by atoms with Gasteiger partial charge in [0.25, 0.3) is 0 Å². The molecule has 4 N–H and O–H groups in total. The number of amides is 4. The van der Waals surface area contributed by atoms with Crippen molar-refractivity contribution in [1.82, 2.24) is 21.3 Å². The molecule has 0 aliphatic carbocycles. The van der Waals surface area contributed by atoms with Crippen LogP contribution < -0.4 is 26.0 Å². The van der Waals surface area contributed by atoms with Crippen molar-refractivity contribution >= 4 is 41.4 Å². The fourth-order valence-electron chi connectivity index (χ4n) is 4.15. The Kier molecular flexibility index (Phi) is 11.4. The number of fused-ring (bicyclic) bond motifs is 1. The van der Waals surface area contributed by atoms with E-state index in [2.05, 4.69) is 31.3 Å². The minimum Gasteiger partial charge on any atom is -0.496 e. The predicted octanol–water partition coefficient (Wildman–Crippen LogP) is 2.62. The highest BCUT2D eigenvalue weighted by molar-refractivity contribution is 8.00. The van der Waals surface area contributed by atoms with Crippen molar-refractivity contribution in [2.75, 3.05) is 39.2 Å². The Morgan fingerprint density at radius 2 is 2.05 bits per heavy atom. The second-order valence-electron chi connectivity index (χ2n) is 8.57. The smallest absolute Gasteiger partial charge is 0.315 e. The number of azide groups is 1. The molecule has 0 radical (unpaired) electrons. The number of ether oxygens (including phenoxy) is 2. The lowest BCUT2D eigenvalue weighted by Gasteiger charge is -2.16. The first-order valence-electron chi connectivity index (χ1n) is 12.2. The predicted molar refractivity (Wildman–Crippen MR) is 142 cm³/mol. The third-order valence-electron chi connectivity index (χ3n) is 5.99. The molecule has 0 aromatic heterocycles. The van der Waals surface area contributed by atoms with Gasteiger partial charge in [0.2, 0.25) is 11.8 Å². The summed E-state index contributed by atoms with van der Waals surface area (Å²) in [5, 5.41) is 15.4. The first kappa shape index (κ1) is 28.2. The number of unbranched alkanes of at least 4 members (excludes halogenated alkanes) is 1. The Bertz CT molecular complexity index is 1030. The van der Waals surface area contributed by atoms with Gasteiger partial charge in [-0.25, -0.2) is 4.79 Å². The summed E-state index contributed by atoms with van der Waals surface area (Å²) < 4.78 is 10.7. The number of hydrogen-bond donors (Lipinski definition) is 4. The molecule has 2 aliphatic rings. The zero-order valence-electron chi connectivity index (χ0n) is 20.8. The van der Waals surface area contributed by atoms with Gasteiger partial charge < -0.3 is 30.7 Å². The van der Waals surface area contributed by atoms with Crippen molar-refractivity contribution in [3.63, 3.8) is 0 Å². The SMILES string of the molecule is COc1cc(N=[N+]=[N-])ccc1/C=C/C(=O)NCCOCCNC(=O)CCCC[C@@H]1SC[C@@H]2NC(=O)N[C@@H]21. The minimum absolute atomic E-state index is 0.00212. The molecule has 37 heavy (non-hydrogen) atoms. The van der Waals surface area contributed by atoms with Crippen LogP contribution in [0, 0.1) is 0 Å². The fourth-order valence-corrected chi connectivity index (χ4v) is 5.69. The van der Waals surface area contributed by atoms with Crippen LogP contribution in [0.3, 0.4) is 0 Å². The number of nitrogens with zero attached hydrogens (tertiary/aromatic N) is 3. The number of thioether (sulfide) groups is 1. The second kappa shape index (κ2) is 15.0. The van der Waals surface area contributed by atoms with Crippen molar-refractivity contribution in [3.05, 3.63) is 40.3 Å². The largest absolute Gasteiger partial charge is 0.496 e. The molecule has 4 amide bonds. The Balaban J connectivity index is 1.18. The van der Waals surface area contributed by atoms with Gasteiger partial charge in [-0.05, 0) is 30.5 Å². The highest BCUT2D eigenvalue weighted by Gasteiger charge is 2.42. The van der Waals surface area contributed by atoms with E-state index in [0.717, 1.165) is 25.0 Å². The van der Waals surface area contributed by atoms with Gasteiger partial charge >= 0.3 is 6.03 Å². The summed E-state index contributed by atoms with van der Waals surface area (Å²) in [5.74, 6) is 1.15. The maximum atomic E-state index is 12.0. The van der Waals surface area contributed by atoms with Gasteiger partial charge in [-0.3, -0.25) is 9.59 Å². The quantitative estimate of drug-likeness (QED) is 0.0678. The molecule has 0 unspecified atom stereocenters. The molecule has 2 saturated heterocycles. The van der Waals surface area contributed by atoms with Crippen LogP contribution >= 0.6 is 11.8 Å². The number of methoxy groups -OCH3 is 1. The Morgan fingerprint density at radius 1 is 1.24 bits per heavy atom. The van der Waals surface area contributed by atoms with E-state index in [1.165, 1.54) is 13.2 Å². The van der Waals surface area contributed by atoms with E-state index < -0.39 is 0 Å². The van der Waals surface area contributed by atoms with Crippen LogP contribution in [0.1, 0.15) is 31.2 Å². The molecule has 1 aromatic carbocycles. The third kappa shape index (κ3) is 9.19. The average Bonchev–Trinajstić information content (AvgIpc) is 3.44. The first-order valence-corrected chi connectivity index (χ1v) is 13.3. The molecule has 3 rings (SSSR count). The number of rotatable bonds is 15.